The lowest BCUT2D eigenvalue weighted by Gasteiger charge is -2.35. The second-order valence-corrected chi connectivity index (χ2v) is 5.87. The van der Waals surface area contributed by atoms with E-state index in [1.165, 1.54) is 0 Å². The Morgan fingerprint density at radius 3 is 2.67 bits per heavy atom. The molecule has 1 fully saturated rings. The third kappa shape index (κ3) is 2.85. The van der Waals surface area contributed by atoms with E-state index in [1.807, 2.05) is 18.2 Å². The van der Waals surface area contributed by atoms with Gasteiger partial charge in [0, 0.05) is 23.6 Å². The number of hydrogen-bond acceptors (Lipinski definition) is 3. The van der Waals surface area contributed by atoms with Crippen LogP contribution in [0.15, 0.2) is 22.7 Å². The molecule has 4 heteroatoms. The first-order valence-electron chi connectivity index (χ1n) is 6.32. The number of hydrogen-bond donors (Lipinski definition) is 1. The van der Waals surface area contributed by atoms with Crippen molar-refractivity contribution < 1.29 is 0 Å². The molecule has 0 aliphatic carbocycles. The van der Waals surface area contributed by atoms with Crippen molar-refractivity contribution in [3.8, 4) is 6.07 Å². The van der Waals surface area contributed by atoms with Gasteiger partial charge in [-0.25, -0.2) is 0 Å². The zero-order valence-corrected chi connectivity index (χ0v) is 12.2. The molecule has 1 heterocycles. The van der Waals surface area contributed by atoms with E-state index in [-0.39, 0.29) is 6.04 Å². The fraction of sp³-hybridized carbons (Fsp3) is 0.500. The quantitative estimate of drug-likeness (QED) is 0.914. The lowest BCUT2D eigenvalue weighted by Crippen LogP contribution is -2.40. The molecule has 0 saturated carbocycles. The van der Waals surface area contributed by atoms with Crippen LogP contribution in [0.25, 0.3) is 0 Å². The summed E-state index contributed by atoms with van der Waals surface area (Å²) < 4.78 is 1.02. The molecule has 1 aromatic rings. The van der Waals surface area contributed by atoms with Crippen LogP contribution in [-0.4, -0.2) is 19.1 Å². The van der Waals surface area contributed by atoms with Gasteiger partial charge in [-0.3, -0.25) is 0 Å². The fourth-order valence-corrected chi connectivity index (χ4v) is 2.88. The Morgan fingerprint density at radius 1 is 1.44 bits per heavy atom. The molecule has 2 rings (SSSR count). The van der Waals surface area contributed by atoms with Gasteiger partial charge in [0.05, 0.1) is 11.3 Å². The SMILES string of the molecule is CC(N)C1CCN(c2cc(Br)ccc2C#N)CC1. The number of nitrogens with zero attached hydrogens (tertiary/aromatic N) is 2. The molecule has 0 bridgehead atoms. The Labute approximate surface area is 117 Å². The summed E-state index contributed by atoms with van der Waals surface area (Å²) in [5.41, 5.74) is 7.74. The van der Waals surface area contributed by atoms with E-state index >= 15 is 0 Å². The standard InChI is InChI=1S/C14H18BrN3/c1-10(17)11-4-6-18(7-5-11)14-8-13(15)3-2-12(14)9-16/h2-3,8,10-11H,4-7,17H2,1H3. The molecule has 2 N–H and O–H groups in total. The molecule has 1 saturated heterocycles. The van der Waals surface area contributed by atoms with Crippen molar-refractivity contribution in [1.82, 2.24) is 0 Å². The molecule has 96 valence electrons. The summed E-state index contributed by atoms with van der Waals surface area (Å²) in [6.45, 7) is 4.05. The highest BCUT2D eigenvalue weighted by molar-refractivity contribution is 9.10. The molecule has 18 heavy (non-hydrogen) atoms. The number of benzene rings is 1. The minimum atomic E-state index is 0.269. The minimum absolute atomic E-state index is 0.269. The Hall–Kier alpha value is -1.05. The van der Waals surface area contributed by atoms with Gasteiger partial charge < -0.3 is 10.6 Å². The number of nitrogens with two attached hydrogens (primary N) is 1. The van der Waals surface area contributed by atoms with Gasteiger partial charge in [-0.1, -0.05) is 15.9 Å². The van der Waals surface area contributed by atoms with E-state index in [2.05, 4.69) is 33.8 Å². The predicted molar refractivity (Wildman–Crippen MR) is 77.4 cm³/mol. The Balaban J connectivity index is 2.14. The summed E-state index contributed by atoms with van der Waals surface area (Å²) in [6, 6.07) is 8.35. The fourth-order valence-electron chi connectivity index (χ4n) is 2.53. The van der Waals surface area contributed by atoms with Crippen LogP contribution >= 0.6 is 15.9 Å². The van der Waals surface area contributed by atoms with Gasteiger partial charge in [-0.2, -0.15) is 5.26 Å². The topological polar surface area (TPSA) is 53.0 Å². The summed E-state index contributed by atoms with van der Waals surface area (Å²) in [4.78, 5) is 2.29. The van der Waals surface area contributed by atoms with Crippen molar-refractivity contribution in [3.63, 3.8) is 0 Å². The third-order valence-corrected chi connectivity index (χ3v) is 4.20. The number of anilines is 1. The van der Waals surface area contributed by atoms with Crippen LogP contribution in [0.3, 0.4) is 0 Å². The molecule has 0 aromatic heterocycles. The average Bonchev–Trinajstić information content (AvgIpc) is 2.39. The highest BCUT2D eigenvalue weighted by Crippen LogP contribution is 2.29. The summed E-state index contributed by atoms with van der Waals surface area (Å²) in [6.07, 6.45) is 2.21. The normalized spacial score (nSPS) is 18.4. The number of piperidine rings is 1. The molecule has 1 aromatic carbocycles. The van der Waals surface area contributed by atoms with E-state index in [9.17, 15) is 0 Å². The van der Waals surface area contributed by atoms with Crippen LogP contribution in [-0.2, 0) is 0 Å². The smallest absolute Gasteiger partial charge is 0.101 e. The van der Waals surface area contributed by atoms with Crippen LogP contribution in [0.2, 0.25) is 0 Å². The molecular formula is C14H18BrN3. The maximum Gasteiger partial charge on any atom is 0.101 e. The lowest BCUT2D eigenvalue weighted by atomic mass is 9.90. The molecule has 1 unspecified atom stereocenters. The van der Waals surface area contributed by atoms with Crippen molar-refractivity contribution in [3.05, 3.63) is 28.2 Å². The maximum absolute atomic E-state index is 9.17. The van der Waals surface area contributed by atoms with Crippen molar-refractivity contribution in [1.29, 1.82) is 5.26 Å². The molecule has 3 nitrogen and oxygen atoms in total. The molecule has 1 atom stereocenters. The van der Waals surface area contributed by atoms with E-state index in [0.717, 1.165) is 41.7 Å². The van der Waals surface area contributed by atoms with Gasteiger partial charge in [0.15, 0.2) is 0 Å². The molecule has 0 radical (unpaired) electrons. The van der Waals surface area contributed by atoms with Gasteiger partial charge in [-0.15, -0.1) is 0 Å². The van der Waals surface area contributed by atoms with Crippen LogP contribution in [0.1, 0.15) is 25.3 Å². The maximum atomic E-state index is 9.17. The zero-order chi connectivity index (χ0) is 13.1. The Bertz CT molecular complexity index is 457. The predicted octanol–water partition coefficient (Wildman–Crippen LogP) is 2.88. The van der Waals surface area contributed by atoms with E-state index in [1.54, 1.807) is 0 Å². The average molecular weight is 308 g/mol. The Kier molecular flexibility index (Phi) is 4.26. The van der Waals surface area contributed by atoms with E-state index in [0.29, 0.717) is 5.92 Å². The lowest BCUT2D eigenvalue weighted by molar-refractivity contribution is 0.354. The van der Waals surface area contributed by atoms with E-state index in [4.69, 9.17) is 11.0 Å². The summed E-state index contributed by atoms with van der Waals surface area (Å²) in [7, 11) is 0. The van der Waals surface area contributed by atoms with Crippen molar-refractivity contribution in [2.24, 2.45) is 11.7 Å². The van der Waals surface area contributed by atoms with Crippen LogP contribution in [0.5, 0.6) is 0 Å². The number of nitriles is 1. The summed E-state index contributed by atoms with van der Waals surface area (Å²) in [5, 5.41) is 9.17. The first kappa shape index (κ1) is 13.4. The van der Waals surface area contributed by atoms with Gasteiger partial charge in [0.2, 0.25) is 0 Å². The van der Waals surface area contributed by atoms with Gasteiger partial charge in [0.1, 0.15) is 6.07 Å². The highest BCUT2D eigenvalue weighted by Gasteiger charge is 2.23. The second-order valence-electron chi connectivity index (χ2n) is 4.96. The summed E-state index contributed by atoms with van der Waals surface area (Å²) in [5.74, 6) is 0.610. The second kappa shape index (κ2) is 5.73. The van der Waals surface area contributed by atoms with Gasteiger partial charge >= 0.3 is 0 Å². The van der Waals surface area contributed by atoms with Crippen LogP contribution in [0, 0.1) is 17.2 Å². The molecular weight excluding hydrogens is 290 g/mol. The number of rotatable bonds is 2. The van der Waals surface area contributed by atoms with Crippen molar-refractivity contribution in [2.45, 2.75) is 25.8 Å². The Morgan fingerprint density at radius 2 is 2.11 bits per heavy atom. The molecule has 1 aliphatic heterocycles. The van der Waals surface area contributed by atoms with Gasteiger partial charge in [0.25, 0.3) is 0 Å². The van der Waals surface area contributed by atoms with Crippen molar-refractivity contribution >= 4 is 21.6 Å². The van der Waals surface area contributed by atoms with Crippen LogP contribution in [0.4, 0.5) is 5.69 Å². The van der Waals surface area contributed by atoms with Gasteiger partial charge in [-0.05, 0) is 43.9 Å². The highest BCUT2D eigenvalue weighted by atomic mass is 79.9. The third-order valence-electron chi connectivity index (χ3n) is 3.70. The molecule has 0 amide bonds. The van der Waals surface area contributed by atoms with Crippen LogP contribution < -0.4 is 10.6 Å². The summed E-state index contributed by atoms with van der Waals surface area (Å²) >= 11 is 3.47. The molecule has 0 spiro atoms. The zero-order valence-electron chi connectivity index (χ0n) is 10.6. The first-order chi connectivity index (χ1) is 8.61. The number of halogens is 1. The van der Waals surface area contributed by atoms with Crippen molar-refractivity contribution in [2.75, 3.05) is 18.0 Å². The monoisotopic (exact) mass is 307 g/mol. The molecule has 1 aliphatic rings. The first-order valence-corrected chi connectivity index (χ1v) is 7.11. The minimum Gasteiger partial charge on any atom is -0.370 e. The van der Waals surface area contributed by atoms with E-state index < -0.39 is 0 Å². The largest absolute Gasteiger partial charge is 0.370 e.